The van der Waals surface area contributed by atoms with Crippen LogP contribution in [0, 0.1) is 0 Å². The van der Waals surface area contributed by atoms with Gasteiger partial charge in [-0.25, -0.2) is 0 Å². The fourth-order valence-corrected chi connectivity index (χ4v) is 1.25. The molecule has 0 radical (unpaired) electrons. The zero-order chi connectivity index (χ0) is 9.26. The second-order valence-corrected chi connectivity index (χ2v) is 2.83. The van der Waals surface area contributed by atoms with E-state index in [1.165, 1.54) is 0 Å². The predicted octanol–water partition coefficient (Wildman–Crippen LogP) is -0.910. The number of hydrogen-bond acceptors (Lipinski definition) is 3. The lowest BCUT2D eigenvalue weighted by molar-refractivity contribution is 0.426. The Morgan fingerprint density at radius 1 is 1.14 bits per heavy atom. The minimum atomic E-state index is -1.41. The van der Waals surface area contributed by atoms with Crippen LogP contribution in [0.15, 0.2) is 36.5 Å². The first-order valence-corrected chi connectivity index (χ1v) is 3.98. The molecule has 4 nitrogen and oxygen atoms in total. The number of nitrogens with zero attached hydrogens (tertiary/aromatic N) is 1. The first-order chi connectivity index (χ1) is 6.27. The van der Waals surface area contributed by atoms with Crippen LogP contribution in [0.2, 0.25) is 0 Å². The van der Waals surface area contributed by atoms with Gasteiger partial charge in [0.05, 0.1) is 5.52 Å². The molecule has 5 heteroatoms. The van der Waals surface area contributed by atoms with Crippen molar-refractivity contribution < 1.29 is 15.5 Å². The third kappa shape index (κ3) is 1.90. The molecule has 2 rings (SSSR count). The summed E-state index contributed by atoms with van der Waals surface area (Å²) in [5, 5.41) is 18.7. The normalized spacial score (nSPS) is 9.57. The fraction of sp³-hybridized carbons (Fsp3) is 0. The average molecular weight is 191 g/mol. The molecule has 0 saturated carbocycles. The first kappa shape index (κ1) is 10.7. The van der Waals surface area contributed by atoms with Crippen molar-refractivity contribution in [1.29, 1.82) is 0 Å². The molecule has 1 aromatic carbocycles. The monoisotopic (exact) mass is 191 g/mol. The lowest BCUT2D eigenvalue weighted by Gasteiger charge is -2.00. The molecule has 0 saturated heterocycles. The van der Waals surface area contributed by atoms with Gasteiger partial charge in [0.15, 0.2) is 0 Å². The van der Waals surface area contributed by atoms with E-state index in [4.69, 9.17) is 10.0 Å². The molecule has 0 bridgehead atoms. The van der Waals surface area contributed by atoms with Crippen LogP contribution in [0.25, 0.3) is 10.9 Å². The Bertz CT molecular complexity index is 433. The first-order valence-electron chi connectivity index (χ1n) is 3.98. The molecule has 0 unspecified atom stereocenters. The molecule has 72 valence electrons. The van der Waals surface area contributed by atoms with Crippen LogP contribution in [0.3, 0.4) is 0 Å². The summed E-state index contributed by atoms with van der Waals surface area (Å²) < 4.78 is 0. The van der Waals surface area contributed by atoms with Crippen LogP contribution in [-0.4, -0.2) is 27.6 Å². The van der Waals surface area contributed by atoms with Crippen LogP contribution < -0.4 is 5.46 Å². The molecular weight excluding hydrogens is 181 g/mol. The molecule has 1 aromatic heterocycles. The summed E-state index contributed by atoms with van der Waals surface area (Å²) in [6.45, 7) is 0. The van der Waals surface area contributed by atoms with Gasteiger partial charge < -0.3 is 15.5 Å². The lowest BCUT2D eigenvalue weighted by atomic mass is 9.80. The van der Waals surface area contributed by atoms with Crippen molar-refractivity contribution in [3.8, 4) is 0 Å². The highest BCUT2D eigenvalue weighted by atomic mass is 16.4. The van der Waals surface area contributed by atoms with E-state index in [0.717, 1.165) is 10.9 Å². The van der Waals surface area contributed by atoms with E-state index in [0.29, 0.717) is 5.46 Å². The number of fused-ring (bicyclic) bond motifs is 1. The van der Waals surface area contributed by atoms with E-state index in [-0.39, 0.29) is 5.48 Å². The smallest absolute Gasteiger partial charge is 0.423 e. The Balaban J connectivity index is 0.000000980. The van der Waals surface area contributed by atoms with Crippen molar-refractivity contribution in [1.82, 2.24) is 4.98 Å². The highest BCUT2D eigenvalue weighted by Gasteiger charge is 2.10. The minimum absolute atomic E-state index is 0. The summed E-state index contributed by atoms with van der Waals surface area (Å²) >= 11 is 0. The van der Waals surface area contributed by atoms with Crippen molar-refractivity contribution in [2.75, 3.05) is 0 Å². The summed E-state index contributed by atoms with van der Waals surface area (Å²) in [5.41, 5.74) is 1.34. The van der Waals surface area contributed by atoms with Gasteiger partial charge in [-0.15, -0.1) is 0 Å². The maximum atomic E-state index is 8.92. The summed E-state index contributed by atoms with van der Waals surface area (Å²) in [7, 11) is -1.41. The second kappa shape index (κ2) is 4.19. The average Bonchev–Trinajstić information content (AvgIpc) is 2.17. The van der Waals surface area contributed by atoms with E-state index in [9.17, 15) is 0 Å². The third-order valence-electron chi connectivity index (χ3n) is 1.93. The molecule has 1 heterocycles. The van der Waals surface area contributed by atoms with E-state index < -0.39 is 7.12 Å². The van der Waals surface area contributed by atoms with Crippen LogP contribution in [0.5, 0.6) is 0 Å². The van der Waals surface area contributed by atoms with Crippen LogP contribution in [0.1, 0.15) is 0 Å². The standard InChI is InChI=1S/C9H8BNO2.H2O/c12-10(13)8-3-4-9-7(6-8)2-1-5-11-9;/h1-6,12-13H;1H2. The Morgan fingerprint density at radius 2 is 1.93 bits per heavy atom. The largest absolute Gasteiger partial charge is 0.488 e. The summed E-state index contributed by atoms with van der Waals surface area (Å²) in [4.78, 5) is 4.12. The molecule has 0 atom stereocenters. The number of benzene rings is 1. The zero-order valence-corrected chi connectivity index (χ0v) is 7.38. The highest BCUT2D eigenvalue weighted by molar-refractivity contribution is 6.58. The molecule has 2 aromatic rings. The maximum absolute atomic E-state index is 8.92. The molecule has 0 aliphatic rings. The van der Waals surface area contributed by atoms with Crippen molar-refractivity contribution in [3.05, 3.63) is 36.5 Å². The summed E-state index contributed by atoms with van der Waals surface area (Å²) in [6.07, 6.45) is 1.71. The fourth-order valence-electron chi connectivity index (χ4n) is 1.25. The lowest BCUT2D eigenvalue weighted by Crippen LogP contribution is -2.29. The van der Waals surface area contributed by atoms with E-state index in [1.807, 2.05) is 12.1 Å². The van der Waals surface area contributed by atoms with Gasteiger partial charge in [-0.1, -0.05) is 18.2 Å². The highest BCUT2D eigenvalue weighted by Crippen LogP contribution is 2.07. The van der Waals surface area contributed by atoms with Gasteiger partial charge in [0.1, 0.15) is 0 Å². The number of hydrogen-bond donors (Lipinski definition) is 2. The molecule has 0 fully saturated rings. The molecule has 4 N–H and O–H groups in total. The Hall–Kier alpha value is -1.43. The topological polar surface area (TPSA) is 84.9 Å². The Morgan fingerprint density at radius 3 is 2.64 bits per heavy atom. The molecule has 14 heavy (non-hydrogen) atoms. The van der Waals surface area contributed by atoms with Crippen LogP contribution in [0.4, 0.5) is 0 Å². The number of aromatic nitrogens is 1. The number of rotatable bonds is 1. The van der Waals surface area contributed by atoms with E-state index in [1.54, 1.807) is 24.4 Å². The molecular formula is C9H10BNO3. The zero-order valence-electron chi connectivity index (χ0n) is 7.38. The van der Waals surface area contributed by atoms with Gasteiger partial charge in [-0.3, -0.25) is 4.98 Å². The molecule has 0 amide bonds. The van der Waals surface area contributed by atoms with Gasteiger partial charge in [0.2, 0.25) is 0 Å². The van der Waals surface area contributed by atoms with Gasteiger partial charge in [0.25, 0.3) is 0 Å². The summed E-state index contributed by atoms with van der Waals surface area (Å²) in [6, 6.07) is 8.83. The predicted molar refractivity (Wildman–Crippen MR) is 55.2 cm³/mol. The SMILES string of the molecule is O.OB(O)c1ccc2ncccc2c1. The maximum Gasteiger partial charge on any atom is 0.488 e. The van der Waals surface area contributed by atoms with Gasteiger partial charge in [-0.2, -0.15) is 0 Å². The van der Waals surface area contributed by atoms with Crippen molar-refractivity contribution in [3.63, 3.8) is 0 Å². The quantitative estimate of drug-likeness (QED) is 0.572. The molecule has 0 aliphatic heterocycles. The third-order valence-corrected chi connectivity index (χ3v) is 1.93. The van der Waals surface area contributed by atoms with Crippen LogP contribution >= 0.6 is 0 Å². The van der Waals surface area contributed by atoms with Crippen molar-refractivity contribution >= 4 is 23.5 Å². The molecule has 0 aliphatic carbocycles. The van der Waals surface area contributed by atoms with Crippen molar-refractivity contribution in [2.45, 2.75) is 0 Å². The minimum Gasteiger partial charge on any atom is -0.423 e. The summed E-state index contributed by atoms with van der Waals surface area (Å²) in [5.74, 6) is 0. The van der Waals surface area contributed by atoms with Gasteiger partial charge in [0, 0.05) is 6.20 Å². The van der Waals surface area contributed by atoms with Gasteiger partial charge in [-0.05, 0) is 23.0 Å². The molecule has 0 spiro atoms. The van der Waals surface area contributed by atoms with Gasteiger partial charge >= 0.3 is 7.12 Å². The Kier molecular flexibility index (Phi) is 3.19. The van der Waals surface area contributed by atoms with E-state index in [2.05, 4.69) is 4.98 Å². The van der Waals surface area contributed by atoms with E-state index >= 15 is 0 Å². The van der Waals surface area contributed by atoms with Crippen LogP contribution in [-0.2, 0) is 0 Å². The second-order valence-electron chi connectivity index (χ2n) is 2.83. The van der Waals surface area contributed by atoms with Crippen molar-refractivity contribution in [2.24, 2.45) is 0 Å². The number of pyridine rings is 1. The Labute approximate surface area is 81.3 Å².